The maximum Gasteiger partial charge on any atom is 0.317 e. The molecule has 3 fully saturated rings. The number of ether oxygens (including phenoxy) is 1. The van der Waals surface area contributed by atoms with Crippen LogP contribution in [0.2, 0.25) is 0 Å². The SMILES string of the molecule is CCOc1cccc(N2CC3CN(C(=O)NCCO)C[C@@H]2C(C)(C)C3)c1. The Morgan fingerprint density at radius 3 is 2.88 bits per heavy atom. The minimum atomic E-state index is -0.0725. The number of nitrogens with one attached hydrogen (secondary N) is 1. The molecule has 0 aliphatic carbocycles. The van der Waals surface area contributed by atoms with Gasteiger partial charge in [-0.3, -0.25) is 0 Å². The molecule has 26 heavy (non-hydrogen) atoms. The van der Waals surface area contributed by atoms with E-state index in [1.54, 1.807) is 0 Å². The van der Waals surface area contributed by atoms with Gasteiger partial charge < -0.3 is 25.0 Å². The van der Waals surface area contributed by atoms with Gasteiger partial charge in [0.25, 0.3) is 0 Å². The number of carbonyl (C=O) groups is 1. The van der Waals surface area contributed by atoms with Crippen molar-refractivity contribution in [2.24, 2.45) is 11.3 Å². The summed E-state index contributed by atoms with van der Waals surface area (Å²) in [6.45, 7) is 9.93. The third-order valence-corrected chi connectivity index (χ3v) is 5.56. The summed E-state index contributed by atoms with van der Waals surface area (Å²) in [6.07, 6.45) is 1.11. The Bertz CT molecular complexity index is 634. The van der Waals surface area contributed by atoms with Crippen molar-refractivity contribution in [3.05, 3.63) is 24.3 Å². The third kappa shape index (κ3) is 3.90. The summed E-state index contributed by atoms with van der Waals surface area (Å²) in [5.74, 6) is 1.32. The van der Waals surface area contributed by atoms with Gasteiger partial charge in [0.15, 0.2) is 0 Å². The first kappa shape index (κ1) is 18.8. The van der Waals surface area contributed by atoms with Crippen LogP contribution in [0.3, 0.4) is 0 Å². The summed E-state index contributed by atoms with van der Waals surface area (Å²) < 4.78 is 5.68. The molecule has 0 spiro atoms. The van der Waals surface area contributed by atoms with Crippen molar-refractivity contribution in [1.82, 2.24) is 10.2 Å². The average molecular weight is 361 g/mol. The Hall–Kier alpha value is -1.95. The van der Waals surface area contributed by atoms with Crippen molar-refractivity contribution in [3.63, 3.8) is 0 Å². The molecule has 4 rings (SSSR count). The summed E-state index contributed by atoms with van der Waals surface area (Å²) in [5, 5.41) is 11.8. The second-order valence-corrected chi connectivity index (χ2v) is 8.02. The van der Waals surface area contributed by atoms with Crippen molar-refractivity contribution < 1.29 is 14.6 Å². The number of hydrogen-bond acceptors (Lipinski definition) is 4. The highest BCUT2D eigenvalue weighted by Crippen LogP contribution is 2.43. The first-order chi connectivity index (χ1) is 12.4. The number of aliphatic hydroxyl groups is 1. The second-order valence-electron chi connectivity index (χ2n) is 8.02. The number of hydrogen-bond donors (Lipinski definition) is 2. The first-order valence-electron chi connectivity index (χ1n) is 9.57. The second kappa shape index (κ2) is 7.74. The fraction of sp³-hybridized carbons (Fsp3) is 0.650. The zero-order chi connectivity index (χ0) is 18.7. The minimum absolute atomic E-state index is 0.0335. The summed E-state index contributed by atoms with van der Waals surface area (Å²) in [6, 6.07) is 8.45. The van der Waals surface area contributed by atoms with Crippen LogP contribution in [0.15, 0.2) is 24.3 Å². The third-order valence-electron chi connectivity index (χ3n) is 5.56. The van der Waals surface area contributed by atoms with Gasteiger partial charge in [-0.05, 0) is 36.8 Å². The lowest BCUT2D eigenvalue weighted by Crippen LogP contribution is -2.54. The van der Waals surface area contributed by atoms with Crippen LogP contribution in [0.1, 0.15) is 27.2 Å². The molecule has 2 atom stereocenters. The fourth-order valence-electron chi connectivity index (χ4n) is 4.48. The molecular weight excluding hydrogens is 330 g/mol. The Labute approximate surface area is 156 Å². The van der Waals surface area contributed by atoms with Crippen molar-refractivity contribution in [3.8, 4) is 5.75 Å². The number of nitrogens with zero attached hydrogens (tertiary/aromatic N) is 2. The van der Waals surface area contributed by atoms with Gasteiger partial charge in [-0.15, -0.1) is 0 Å². The lowest BCUT2D eigenvalue weighted by molar-refractivity contribution is 0.185. The van der Waals surface area contributed by atoms with E-state index in [-0.39, 0.29) is 24.1 Å². The van der Waals surface area contributed by atoms with E-state index >= 15 is 0 Å². The quantitative estimate of drug-likeness (QED) is 0.845. The van der Waals surface area contributed by atoms with Gasteiger partial charge in [0.05, 0.1) is 19.3 Å². The van der Waals surface area contributed by atoms with Crippen LogP contribution in [0.4, 0.5) is 10.5 Å². The van der Waals surface area contributed by atoms with Crippen molar-refractivity contribution in [2.75, 3.05) is 44.3 Å². The smallest absolute Gasteiger partial charge is 0.317 e. The molecule has 6 heteroatoms. The van der Waals surface area contributed by atoms with Crippen LogP contribution in [-0.4, -0.2) is 61.5 Å². The van der Waals surface area contributed by atoms with E-state index < -0.39 is 0 Å². The molecule has 0 saturated carbocycles. The Morgan fingerprint density at radius 2 is 2.15 bits per heavy atom. The number of urea groups is 1. The number of piperidine rings is 1. The van der Waals surface area contributed by atoms with Crippen molar-refractivity contribution in [2.45, 2.75) is 33.2 Å². The van der Waals surface area contributed by atoms with E-state index in [1.165, 1.54) is 0 Å². The molecule has 144 valence electrons. The van der Waals surface area contributed by atoms with Crippen LogP contribution in [0.5, 0.6) is 5.75 Å². The lowest BCUT2D eigenvalue weighted by atomic mass is 9.73. The van der Waals surface area contributed by atoms with Crippen molar-refractivity contribution in [1.29, 1.82) is 0 Å². The first-order valence-corrected chi connectivity index (χ1v) is 9.57. The number of fused-ring (bicyclic) bond motifs is 4. The molecule has 0 aromatic heterocycles. The van der Waals surface area contributed by atoms with E-state index in [9.17, 15) is 4.79 Å². The highest BCUT2D eigenvalue weighted by molar-refractivity contribution is 5.74. The predicted octanol–water partition coefficient (Wildman–Crippen LogP) is 2.32. The average Bonchev–Trinajstić information content (AvgIpc) is 2.87. The highest BCUT2D eigenvalue weighted by Gasteiger charge is 2.46. The molecule has 1 aromatic carbocycles. The zero-order valence-electron chi connectivity index (χ0n) is 16.1. The molecule has 3 aliphatic heterocycles. The van der Waals surface area contributed by atoms with Gasteiger partial charge in [-0.25, -0.2) is 4.79 Å². The summed E-state index contributed by atoms with van der Waals surface area (Å²) >= 11 is 0. The van der Waals surface area contributed by atoms with Crippen molar-refractivity contribution >= 4 is 11.7 Å². The van der Waals surface area contributed by atoms with Crippen LogP contribution in [0, 0.1) is 11.3 Å². The number of aliphatic hydroxyl groups excluding tert-OH is 1. The molecule has 0 radical (unpaired) electrons. The molecule has 2 amide bonds. The molecule has 6 nitrogen and oxygen atoms in total. The Morgan fingerprint density at radius 1 is 1.35 bits per heavy atom. The molecule has 1 aromatic rings. The van der Waals surface area contributed by atoms with Crippen LogP contribution in [-0.2, 0) is 0 Å². The number of rotatable bonds is 5. The fourth-order valence-corrected chi connectivity index (χ4v) is 4.48. The number of anilines is 1. The molecule has 2 N–H and O–H groups in total. The number of carbonyl (C=O) groups excluding carboxylic acids is 1. The van der Waals surface area contributed by atoms with E-state index in [4.69, 9.17) is 9.84 Å². The Kier molecular flexibility index (Phi) is 5.61. The maximum atomic E-state index is 12.5. The monoisotopic (exact) mass is 361 g/mol. The summed E-state index contributed by atoms with van der Waals surface area (Å²) in [5.41, 5.74) is 1.28. The zero-order valence-corrected chi connectivity index (χ0v) is 16.1. The van der Waals surface area contributed by atoms with E-state index in [1.807, 2.05) is 24.0 Å². The van der Waals surface area contributed by atoms with Gasteiger partial charge >= 0.3 is 6.03 Å². The van der Waals surface area contributed by atoms with Crippen LogP contribution >= 0.6 is 0 Å². The molecule has 3 saturated heterocycles. The predicted molar refractivity (Wildman–Crippen MR) is 103 cm³/mol. The van der Waals surface area contributed by atoms with E-state index in [2.05, 4.69) is 36.2 Å². The molecule has 1 unspecified atom stereocenters. The molecule has 2 bridgehead atoms. The van der Waals surface area contributed by atoms with Crippen LogP contribution < -0.4 is 15.0 Å². The number of amides is 2. The molecular formula is C20H31N3O3. The van der Waals surface area contributed by atoms with Gasteiger partial charge in [0.2, 0.25) is 0 Å². The number of benzene rings is 1. The van der Waals surface area contributed by atoms with Gasteiger partial charge in [-0.2, -0.15) is 0 Å². The standard InChI is InChI=1S/C20H31N3O3/c1-4-26-17-7-5-6-16(10-17)23-13-15-11-20(2,3)18(23)14-22(12-15)19(25)21-8-9-24/h5-7,10,15,18,24H,4,8-9,11-14H2,1-3H3,(H,21,25)/t15?,18-/m1/s1. The van der Waals surface area contributed by atoms with E-state index in [0.717, 1.165) is 30.9 Å². The molecule has 3 aliphatic rings. The van der Waals surface area contributed by atoms with Gasteiger partial charge in [0.1, 0.15) is 5.75 Å². The lowest BCUT2D eigenvalue weighted by Gasteiger charge is -2.48. The van der Waals surface area contributed by atoms with Gasteiger partial charge in [-0.1, -0.05) is 19.9 Å². The summed E-state index contributed by atoms with van der Waals surface area (Å²) in [7, 11) is 0. The maximum absolute atomic E-state index is 12.5. The van der Waals surface area contributed by atoms with Gasteiger partial charge in [0, 0.05) is 37.9 Å². The summed E-state index contributed by atoms with van der Waals surface area (Å²) in [4.78, 5) is 16.9. The largest absolute Gasteiger partial charge is 0.494 e. The minimum Gasteiger partial charge on any atom is -0.494 e. The Balaban J connectivity index is 1.85. The van der Waals surface area contributed by atoms with Crippen LogP contribution in [0.25, 0.3) is 0 Å². The normalized spacial score (nSPS) is 24.3. The highest BCUT2D eigenvalue weighted by atomic mass is 16.5. The topological polar surface area (TPSA) is 65.0 Å². The van der Waals surface area contributed by atoms with E-state index in [0.29, 0.717) is 25.6 Å². The molecule has 3 heterocycles.